The lowest BCUT2D eigenvalue weighted by Crippen LogP contribution is -2.26. The fourth-order valence-electron chi connectivity index (χ4n) is 1.87. The maximum atomic E-state index is 12.6. The lowest BCUT2D eigenvalue weighted by molar-refractivity contribution is 0.146. The molecule has 0 N–H and O–H groups in total. The number of ether oxygens (including phenoxy) is 2. The second-order valence-electron chi connectivity index (χ2n) is 4.78. The summed E-state index contributed by atoms with van der Waals surface area (Å²) in [5, 5.41) is 0. The molecule has 0 spiro atoms. The third-order valence-corrected chi connectivity index (χ3v) is 6.52. The Bertz CT molecular complexity index is 728. The first kappa shape index (κ1) is 18.4. The molecular weight excluding hydrogens is 402 g/mol. The molecule has 0 amide bonds. The monoisotopic (exact) mass is 419 g/mol. The molecule has 0 saturated heterocycles. The zero-order valence-electron chi connectivity index (χ0n) is 12.9. The molecule has 1 heterocycles. The molecule has 0 atom stereocenters. The molecule has 0 saturated carbocycles. The van der Waals surface area contributed by atoms with Gasteiger partial charge in [0.1, 0.15) is 12.4 Å². The molecule has 126 valence electrons. The SMILES string of the molecule is COCCOc1ccc(S(=O)(=O)N(C)Cc2ccc(Br)s2)cc1. The third-order valence-electron chi connectivity index (χ3n) is 3.10. The van der Waals surface area contributed by atoms with E-state index in [4.69, 9.17) is 9.47 Å². The maximum Gasteiger partial charge on any atom is 0.243 e. The Hall–Kier alpha value is -0.930. The van der Waals surface area contributed by atoms with E-state index in [9.17, 15) is 8.42 Å². The number of halogens is 1. The molecule has 5 nitrogen and oxygen atoms in total. The van der Waals surface area contributed by atoms with Crippen LogP contribution in [0.15, 0.2) is 45.1 Å². The van der Waals surface area contributed by atoms with Crippen LogP contribution in [0.3, 0.4) is 0 Å². The van der Waals surface area contributed by atoms with E-state index in [1.807, 2.05) is 12.1 Å². The van der Waals surface area contributed by atoms with Crippen molar-refractivity contribution in [3.05, 3.63) is 45.1 Å². The molecule has 1 aromatic carbocycles. The smallest absolute Gasteiger partial charge is 0.243 e. The van der Waals surface area contributed by atoms with Crippen molar-refractivity contribution in [2.24, 2.45) is 0 Å². The summed E-state index contributed by atoms with van der Waals surface area (Å²) in [6.45, 7) is 1.25. The van der Waals surface area contributed by atoms with Crippen LogP contribution in [0.1, 0.15) is 4.88 Å². The van der Waals surface area contributed by atoms with Crippen molar-refractivity contribution in [1.82, 2.24) is 4.31 Å². The first-order valence-electron chi connectivity index (χ1n) is 6.86. The minimum absolute atomic E-state index is 0.245. The fourth-order valence-corrected chi connectivity index (χ4v) is 4.64. The number of hydrogen-bond acceptors (Lipinski definition) is 5. The van der Waals surface area contributed by atoms with Gasteiger partial charge in [0.25, 0.3) is 0 Å². The molecule has 8 heteroatoms. The van der Waals surface area contributed by atoms with Crippen molar-refractivity contribution >= 4 is 37.3 Å². The van der Waals surface area contributed by atoms with Crippen molar-refractivity contribution in [2.75, 3.05) is 27.4 Å². The van der Waals surface area contributed by atoms with Crippen molar-refractivity contribution in [1.29, 1.82) is 0 Å². The molecule has 0 aliphatic rings. The molecule has 23 heavy (non-hydrogen) atoms. The number of rotatable bonds is 8. The van der Waals surface area contributed by atoms with Crippen molar-refractivity contribution in [2.45, 2.75) is 11.4 Å². The van der Waals surface area contributed by atoms with Gasteiger partial charge in [0.2, 0.25) is 10.0 Å². The molecule has 1 aromatic heterocycles. The van der Waals surface area contributed by atoms with E-state index in [1.165, 1.54) is 15.6 Å². The second kappa shape index (κ2) is 8.25. The lowest BCUT2D eigenvalue weighted by atomic mass is 10.3. The van der Waals surface area contributed by atoms with Crippen LogP contribution in [-0.2, 0) is 21.3 Å². The van der Waals surface area contributed by atoms with E-state index >= 15 is 0 Å². The van der Waals surface area contributed by atoms with Gasteiger partial charge in [-0.15, -0.1) is 11.3 Å². The van der Waals surface area contributed by atoms with Gasteiger partial charge in [-0.2, -0.15) is 4.31 Å². The number of methoxy groups -OCH3 is 1. The van der Waals surface area contributed by atoms with Gasteiger partial charge in [-0.1, -0.05) is 0 Å². The van der Waals surface area contributed by atoms with Crippen LogP contribution in [0.4, 0.5) is 0 Å². The van der Waals surface area contributed by atoms with Crippen molar-refractivity contribution < 1.29 is 17.9 Å². The topological polar surface area (TPSA) is 55.8 Å². The summed E-state index contributed by atoms with van der Waals surface area (Å²) < 4.78 is 37.8. The Morgan fingerprint density at radius 2 is 1.83 bits per heavy atom. The summed E-state index contributed by atoms with van der Waals surface area (Å²) in [7, 11) is -0.352. The quantitative estimate of drug-likeness (QED) is 0.615. The van der Waals surface area contributed by atoms with Crippen LogP contribution in [0.2, 0.25) is 0 Å². The van der Waals surface area contributed by atoms with Gasteiger partial charge in [-0.25, -0.2) is 8.42 Å². The average molecular weight is 420 g/mol. The van der Waals surface area contributed by atoms with Gasteiger partial charge in [-0.3, -0.25) is 0 Å². The van der Waals surface area contributed by atoms with E-state index in [1.54, 1.807) is 38.4 Å². The maximum absolute atomic E-state index is 12.6. The van der Waals surface area contributed by atoms with Gasteiger partial charge < -0.3 is 9.47 Å². The van der Waals surface area contributed by atoms with Gasteiger partial charge in [0, 0.05) is 25.6 Å². The van der Waals surface area contributed by atoms with E-state index in [0.717, 1.165) is 8.66 Å². The number of hydrogen-bond donors (Lipinski definition) is 0. The van der Waals surface area contributed by atoms with E-state index in [2.05, 4.69) is 15.9 Å². The highest BCUT2D eigenvalue weighted by Gasteiger charge is 2.21. The van der Waals surface area contributed by atoms with Crippen molar-refractivity contribution in [3.63, 3.8) is 0 Å². The highest BCUT2D eigenvalue weighted by atomic mass is 79.9. The molecule has 0 aliphatic carbocycles. The molecule has 2 aromatic rings. The van der Waals surface area contributed by atoms with Crippen LogP contribution >= 0.6 is 27.3 Å². The highest BCUT2D eigenvalue weighted by molar-refractivity contribution is 9.11. The Morgan fingerprint density at radius 3 is 2.39 bits per heavy atom. The Morgan fingerprint density at radius 1 is 1.13 bits per heavy atom. The van der Waals surface area contributed by atoms with Crippen LogP contribution in [-0.4, -0.2) is 40.1 Å². The number of sulfonamides is 1. The molecule has 0 unspecified atom stereocenters. The predicted molar refractivity (Wildman–Crippen MR) is 94.5 cm³/mol. The molecule has 0 fully saturated rings. The van der Waals surface area contributed by atoms with Gasteiger partial charge in [-0.05, 0) is 52.3 Å². The largest absolute Gasteiger partial charge is 0.491 e. The average Bonchev–Trinajstić information content (AvgIpc) is 2.93. The van der Waals surface area contributed by atoms with Crippen LogP contribution in [0, 0.1) is 0 Å². The molecule has 0 aliphatic heterocycles. The summed E-state index contributed by atoms with van der Waals surface area (Å²) in [5.41, 5.74) is 0. The molecule has 2 rings (SSSR count). The minimum Gasteiger partial charge on any atom is -0.491 e. The third kappa shape index (κ3) is 5.02. The Kier molecular flexibility index (Phi) is 6.60. The molecule has 0 bridgehead atoms. The number of nitrogens with zero attached hydrogens (tertiary/aromatic N) is 1. The van der Waals surface area contributed by atoms with Crippen LogP contribution in [0.5, 0.6) is 5.75 Å². The Balaban J connectivity index is 2.06. The molecular formula is C15H18BrNO4S2. The fraction of sp³-hybridized carbons (Fsp3) is 0.333. The number of benzene rings is 1. The predicted octanol–water partition coefficient (Wildman–Crippen LogP) is 3.36. The first-order valence-corrected chi connectivity index (χ1v) is 9.91. The van der Waals surface area contributed by atoms with Gasteiger partial charge >= 0.3 is 0 Å². The normalized spacial score (nSPS) is 11.8. The standard InChI is InChI=1S/C15H18BrNO4S2/c1-17(11-13-5-8-15(16)22-13)23(18,19)14-6-3-12(4-7-14)21-10-9-20-2/h3-8H,9-11H2,1-2H3. The molecule has 0 radical (unpaired) electrons. The van der Waals surface area contributed by atoms with E-state index < -0.39 is 10.0 Å². The van der Waals surface area contributed by atoms with Gasteiger partial charge in [0.05, 0.1) is 15.3 Å². The van der Waals surface area contributed by atoms with E-state index in [0.29, 0.717) is 25.5 Å². The summed E-state index contributed by atoms with van der Waals surface area (Å²) in [5.74, 6) is 0.617. The summed E-state index contributed by atoms with van der Waals surface area (Å²) in [4.78, 5) is 1.22. The van der Waals surface area contributed by atoms with Crippen LogP contribution < -0.4 is 4.74 Å². The van der Waals surface area contributed by atoms with Crippen LogP contribution in [0.25, 0.3) is 0 Å². The highest BCUT2D eigenvalue weighted by Crippen LogP contribution is 2.25. The number of thiophene rings is 1. The summed E-state index contributed by atoms with van der Waals surface area (Å²) >= 11 is 4.90. The Labute approximate surface area is 149 Å². The zero-order chi connectivity index (χ0) is 16.9. The first-order chi connectivity index (χ1) is 10.9. The zero-order valence-corrected chi connectivity index (χ0v) is 16.1. The summed E-state index contributed by atoms with van der Waals surface area (Å²) in [6, 6.07) is 10.2. The lowest BCUT2D eigenvalue weighted by Gasteiger charge is -2.16. The summed E-state index contributed by atoms with van der Waals surface area (Å²) in [6.07, 6.45) is 0. The van der Waals surface area contributed by atoms with Gasteiger partial charge in [0.15, 0.2) is 0 Å². The van der Waals surface area contributed by atoms with Crippen molar-refractivity contribution in [3.8, 4) is 5.75 Å². The van der Waals surface area contributed by atoms with E-state index in [-0.39, 0.29) is 4.90 Å². The minimum atomic E-state index is -3.53. The second-order valence-corrected chi connectivity index (χ2v) is 9.37.